The molecule has 0 bridgehead atoms. The third-order valence-corrected chi connectivity index (χ3v) is 3.28. The van der Waals surface area contributed by atoms with Gasteiger partial charge in [0.25, 0.3) is 0 Å². The molecule has 5 nitrogen and oxygen atoms in total. The molecule has 114 valence electrons. The summed E-state index contributed by atoms with van der Waals surface area (Å²) < 4.78 is 21.2. The number of ether oxygens (including phenoxy) is 4. The van der Waals surface area contributed by atoms with Crippen LogP contribution in [0.3, 0.4) is 0 Å². The summed E-state index contributed by atoms with van der Waals surface area (Å²) >= 11 is 0. The highest BCUT2D eigenvalue weighted by Gasteiger charge is 2.21. The third kappa shape index (κ3) is 8.55. The van der Waals surface area contributed by atoms with Crippen LogP contribution in [0.4, 0.5) is 0 Å². The van der Waals surface area contributed by atoms with Crippen LogP contribution in [0.15, 0.2) is 0 Å². The van der Waals surface area contributed by atoms with Gasteiger partial charge in [0.2, 0.25) is 0 Å². The Labute approximate surface area is 116 Å². The number of methoxy groups -OCH3 is 1. The van der Waals surface area contributed by atoms with E-state index in [1.165, 1.54) is 6.42 Å². The molecule has 1 saturated carbocycles. The van der Waals surface area contributed by atoms with E-state index in [0.717, 1.165) is 25.7 Å². The van der Waals surface area contributed by atoms with Crippen molar-refractivity contribution < 1.29 is 24.1 Å². The summed E-state index contributed by atoms with van der Waals surface area (Å²) in [4.78, 5) is 0. The lowest BCUT2D eigenvalue weighted by molar-refractivity contribution is -0.0629. The van der Waals surface area contributed by atoms with Gasteiger partial charge in [0.15, 0.2) is 0 Å². The summed E-state index contributed by atoms with van der Waals surface area (Å²) in [6.07, 6.45) is 4.96. The van der Waals surface area contributed by atoms with Crippen LogP contribution in [0.1, 0.15) is 32.1 Å². The molecule has 1 rings (SSSR count). The molecule has 0 radical (unpaired) electrons. The van der Waals surface area contributed by atoms with E-state index in [1.807, 2.05) is 0 Å². The molecule has 0 heterocycles. The molecule has 1 fully saturated rings. The second-order valence-electron chi connectivity index (χ2n) is 4.83. The molecule has 5 heteroatoms. The predicted octanol–water partition coefficient (Wildman–Crippen LogP) is 1.38. The van der Waals surface area contributed by atoms with Gasteiger partial charge in [-0.2, -0.15) is 0 Å². The fourth-order valence-corrected chi connectivity index (χ4v) is 2.17. The smallest absolute Gasteiger partial charge is 0.0835 e. The lowest BCUT2D eigenvalue weighted by Gasteiger charge is -2.20. The summed E-state index contributed by atoms with van der Waals surface area (Å²) in [5, 5.41) is 9.87. The molecule has 0 spiro atoms. The number of aliphatic hydroxyl groups is 1. The third-order valence-electron chi connectivity index (χ3n) is 3.28. The van der Waals surface area contributed by atoms with Crippen molar-refractivity contribution in [1.29, 1.82) is 0 Å². The molecule has 1 aliphatic carbocycles. The Balaban J connectivity index is 1.89. The number of hydrogen-bond acceptors (Lipinski definition) is 5. The van der Waals surface area contributed by atoms with E-state index in [4.69, 9.17) is 18.9 Å². The van der Waals surface area contributed by atoms with Crippen molar-refractivity contribution in [1.82, 2.24) is 0 Å². The first-order valence-electron chi connectivity index (χ1n) is 7.28. The molecule has 2 unspecified atom stereocenters. The van der Waals surface area contributed by atoms with Gasteiger partial charge in [-0.1, -0.05) is 19.3 Å². The van der Waals surface area contributed by atoms with E-state index in [1.54, 1.807) is 7.11 Å². The molecule has 0 aromatic rings. The van der Waals surface area contributed by atoms with E-state index in [2.05, 4.69) is 0 Å². The van der Waals surface area contributed by atoms with Gasteiger partial charge in [-0.3, -0.25) is 0 Å². The molecule has 2 atom stereocenters. The zero-order valence-corrected chi connectivity index (χ0v) is 12.0. The molecule has 1 aliphatic rings. The van der Waals surface area contributed by atoms with Crippen molar-refractivity contribution in [2.75, 3.05) is 46.8 Å². The Morgan fingerprint density at radius 2 is 1.47 bits per heavy atom. The van der Waals surface area contributed by atoms with Crippen molar-refractivity contribution in [3.8, 4) is 0 Å². The summed E-state index contributed by atoms with van der Waals surface area (Å²) in [5.41, 5.74) is 0. The molecule has 19 heavy (non-hydrogen) atoms. The van der Waals surface area contributed by atoms with Gasteiger partial charge in [0.05, 0.1) is 51.8 Å². The van der Waals surface area contributed by atoms with Crippen LogP contribution in [0.2, 0.25) is 0 Å². The van der Waals surface area contributed by atoms with E-state index in [9.17, 15) is 5.11 Å². The minimum absolute atomic E-state index is 0.0101. The maximum absolute atomic E-state index is 9.87. The molecular weight excluding hydrogens is 248 g/mol. The largest absolute Gasteiger partial charge is 0.390 e. The summed E-state index contributed by atoms with van der Waals surface area (Å²) in [7, 11) is 1.65. The molecule has 1 N–H and O–H groups in total. The predicted molar refractivity (Wildman–Crippen MR) is 72.3 cm³/mol. The average Bonchev–Trinajstić information content (AvgIpc) is 2.62. The van der Waals surface area contributed by atoms with E-state index in [0.29, 0.717) is 39.6 Å². The van der Waals surface area contributed by atoms with Crippen LogP contribution < -0.4 is 0 Å². The number of aliphatic hydroxyl groups excluding tert-OH is 1. The zero-order chi connectivity index (χ0) is 13.8. The summed E-state index contributed by atoms with van der Waals surface area (Å²) in [6, 6.07) is 0. The highest BCUT2D eigenvalue weighted by atomic mass is 16.6. The monoisotopic (exact) mass is 276 g/mol. The topological polar surface area (TPSA) is 57.2 Å². The van der Waals surface area contributed by atoms with Crippen molar-refractivity contribution in [2.24, 2.45) is 0 Å². The van der Waals surface area contributed by atoms with Crippen molar-refractivity contribution in [3.05, 3.63) is 0 Å². The summed E-state index contributed by atoms with van der Waals surface area (Å²) in [6.45, 7) is 3.46. The second-order valence-corrected chi connectivity index (χ2v) is 4.83. The first-order chi connectivity index (χ1) is 9.34. The molecule has 0 saturated heterocycles. The minimum Gasteiger partial charge on any atom is -0.390 e. The highest BCUT2D eigenvalue weighted by Crippen LogP contribution is 2.20. The standard InChI is InChI=1S/C14H28O5/c1-16-7-8-17-9-10-18-11-12-19-14-6-4-2-3-5-13(14)15/h13-15H,2-12H2,1H3. The summed E-state index contributed by atoms with van der Waals surface area (Å²) in [5.74, 6) is 0. The van der Waals surface area contributed by atoms with Crippen LogP contribution in [-0.4, -0.2) is 64.1 Å². The highest BCUT2D eigenvalue weighted by molar-refractivity contribution is 4.73. The first-order valence-corrected chi connectivity index (χ1v) is 7.28. The van der Waals surface area contributed by atoms with Crippen LogP contribution in [0.25, 0.3) is 0 Å². The Morgan fingerprint density at radius 3 is 2.21 bits per heavy atom. The van der Waals surface area contributed by atoms with E-state index >= 15 is 0 Å². The van der Waals surface area contributed by atoms with Crippen molar-refractivity contribution in [2.45, 2.75) is 44.3 Å². The van der Waals surface area contributed by atoms with Gasteiger partial charge >= 0.3 is 0 Å². The molecule has 0 aromatic heterocycles. The average molecular weight is 276 g/mol. The Hall–Kier alpha value is -0.200. The normalized spacial score (nSPS) is 24.3. The van der Waals surface area contributed by atoms with Gasteiger partial charge in [-0.25, -0.2) is 0 Å². The lowest BCUT2D eigenvalue weighted by Crippen LogP contribution is -2.29. The van der Waals surface area contributed by atoms with Crippen molar-refractivity contribution in [3.63, 3.8) is 0 Å². The molecular formula is C14H28O5. The van der Waals surface area contributed by atoms with Crippen LogP contribution in [0, 0.1) is 0 Å². The van der Waals surface area contributed by atoms with Gasteiger partial charge in [-0.15, -0.1) is 0 Å². The number of rotatable bonds is 10. The Kier molecular flexibility index (Phi) is 10.3. The quantitative estimate of drug-likeness (QED) is 0.482. The van der Waals surface area contributed by atoms with Crippen molar-refractivity contribution >= 4 is 0 Å². The van der Waals surface area contributed by atoms with Gasteiger partial charge in [0, 0.05) is 7.11 Å². The van der Waals surface area contributed by atoms with Crippen LogP contribution >= 0.6 is 0 Å². The Morgan fingerprint density at radius 1 is 0.842 bits per heavy atom. The van der Waals surface area contributed by atoms with Crippen LogP contribution in [0.5, 0.6) is 0 Å². The van der Waals surface area contributed by atoms with Crippen LogP contribution in [-0.2, 0) is 18.9 Å². The lowest BCUT2D eigenvalue weighted by atomic mass is 10.1. The maximum Gasteiger partial charge on any atom is 0.0835 e. The fraction of sp³-hybridized carbons (Fsp3) is 1.00. The maximum atomic E-state index is 9.87. The number of hydrogen-bond donors (Lipinski definition) is 1. The first kappa shape index (κ1) is 16.9. The van der Waals surface area contributed by atoms with E-state index < -0.39 is 0 Å². The molecule has 0 aliphatic heterocycles. The van der Waals surface area contributed by atoms with Gasteiger partial charge in [0.1, 0.15) is 0 Å². The molecule has 0 amide bonds. The second kappa shape index (κ2) is 11.6. The SMILES string of the molecule is COCCOCCOCCOC1CCCCCC1O. The fourth-order valence-electron chi connectivity index (χ4n) is 2.17. The van der Waals surface area contributed by atoms with E-state index in [-0.39, 0.29) is 12.2 Å². The van der Waals surface area contributed by atoms with Gasteiger partial charge in [-0.05, 0) is 12.8 Å². The molecule has 0 aromatic carbocycles. The Bertz CT molecular complexity index is 200. The minimum atomic E-state index is -0.306. The van der Waals surface area contributed by atoms with Gasteiger partial charge < -0.3 is 24.1 Å². The zero-order valence-electron chi connectivity index (χ0n) is 12.0.